The number of aliphatic hydroxyl groups is 1. The number of nitrogens with zero attached hydrogens (tertiary/aromatic N) is 2. The molecule has 1 fully saturated rings. The number of amides is 1. The third kappa shape index (κ3) is 8.33. The molecule has 14 heteroatoms. The average molecular weight is 697 g/mol. The lowest BCUT2D eigenvalue weighted by Crippen LogP contribution is -2.36. The predicted molar refractivity (Wildman–Crippen MR) is 181 cm³/mol. The minimum atomic E-state index is -1.07. The second-order valence-electron chi connectivity index (χ2n) is 11.0. The van der Waals surface area contributed by atoms with Crippen molar-refractivity contribution in [1.82, 2.24) is 25.9 Å². The molecule has 0 radical (unpaired) electrons. The number of hydrogen-bond acceptors (Lipinski definition) is 10. The van der Waals surface area contributed by atoms with E-state index in [9.17, 15) is 14.7 Å². The number of pyridine rings is 2. The number of alkyl carbamates (subject to hydrolysis) is 1. The number of nitrogens with one attached hydrogen (secondary N) is 3. The summed E-state index contributed by atoms with van der Waals surface area (Å²) in [6, 6.07) is 18.6. The summed E-state index contributed by atoms with van der Waals surface area (Å²) in [5.41, 5.74) is 5.56. The molecule has 3 heterocycles. The van der Waals surface area contributed by atoms with Crippen LogP contribution in [0.4, 0.5) is 4.79 Å². The molecule has 1 saturated heterocycles. The first kappa shape index (κ1) is 34.9. The molecule has 0 saturated carbocycles. The smallest absolute Gasteiger partial charge is 0.407 e. The fraction of sp³-hybridized carbons (Fsp3) is 0.294. The van der Waals surface area contributed by atoms with E-state index in [1.54, 1.807) is 7.11 Å². The van der Waals surface area contributed by atoms with Gasteiger partial charge in [0.25, 0.3) is 0 Å². The average Bonchev–Trinajstić information content (AvgIpc) is 3.49. The number of rotatable bonds is 15. The molecule has 5 N–H and O–H groups in total. The molecule has 48 heavy (non-hydrogen) atoms. The first-order chi connectivity index (χ1) is 23.2. The molecular weight excluding hydrogens is 661 g/mol. The topological polar surface area (TPSA) is 164 Å². The van der Waals surface area contributed by atoms with Gasteiger partial charge in [-0.25, -0.2) is 14.8 Å². The van der Waals surface area contributed by atoms with Gasteiger partial charge < -0.3 is 40.4 Å². The highest BCUT2D eigenvalue weighted by Gasteiger charge is 2.22. The number of methoxy groups -OCH3 is 2. The summed E-state index contributed by atoms with van der Waals surface area (Å²) in [4.78, 5) is 31.5. The number of carboxylic acid groups (broad SMARTS) is 1. The summed E-state index contributed by atoms with van der Waals surface area (Å²) in [6.45, 7) is 1.75. The van der Waals surface area contributed by atoms with Crippen molar-refractivity contribution in [3.63, 3.8) is 0 Å². The quantitative estimate of drug-likeness (QED) is 0.115. The van der Waals surface area contributed by atoms with Crippen LogP contribution < -0.4 is 25.4 Å². The van der Waals surface area contributed by atoms with Crippen LogP contribution in [0.1, 0.15) is 17.5 Å². The molecule has 1 unspecified atom stereocenters. The van der Waals surface area contributed by atoms with Crippen molar-refractivity contribution in [2.45, 2.75) is 31.7 Å². The van der Waals surface area contributed by atoms with Crippen LogP contribution in [0.2, 0.25) is 10.0 Å². The number of aromatic nitrogens is 2. The van der Waals surface area contributed by atoms with Crippen LogP contribution in [-0.4, -0.2) is 78.3 Å². The Morgan fingerprint density at radius 3 is 1.90 bits per heavy atom. The Labute approximate surface area is 287 Å². The van der Waals surface area contributed by atoms with Crippen LogP contribution >= 0.6 is 23.2 Å². The predicted octanol–water partition coefficient (Wildman–Crippen LogP) is 4.92. The lowest BCUT2D eigenvalue weighted by atomic mass is 9.98. The van der Waals surface area contributed by atoms with Gasteiger partial charge in [-0.3, -0.25) is 4.79 Å². The summed E-state index contributed by atoms with van der Waals surface area (Å²) in [5.74, 6) is -0.254. The third-order valence-electron chi connectivity index (χ3n) is 7.65. The minimum Gasteiger partial charge on any atom is -0.481 e. The molecule has 1 amide bonds. The Morgan fingerprint density at radius 2 is 1.42 bits per heavy atom. The Morgan fingerprint density at radius 1 is 0.896 bits per heavy atom. The minimum absolute atomic E-state index is 0.0963. The third-order valence-corrected chi connectivity index (χ3v) is 8.47. The molecule has 0 aliphatic carbocycles. The van der Waals surface area contributed by atoms with Gasteiger partial charge in [-0.2, -0.15) is 0 Å². The monoisotopic (exact) mass is 695 g/mol. The molecule has 1 aliphatic heterocycles. The number of carbonyl (C=O) groups is 2. The number of benzene rings is 2. The van der Waals surface area contributed by atoms with Gasteiger partial charge in [-0.05, 0) is 12.1 Å². The number of hydrogen-bond donors (Lipinski definition) is 5. The van der Waals surface area contributed by atoms with E-state index in [-0.39, 0.29) is 19.0 Å². The van der Waals surface area contributed by atoms with Crippen molar-refractivity contribution in [2.75, 3.05) is 33.9 Å². The zero-order chi connectivity index (χ0) is 34.2. The van der Waals surface area contributed by atoms with Crippen molar-refractivity contribution >= 4 is 35.3 Å². The van der Waals surface area contributed by atoms with E-state index in [1.165, 1.54) is 7.11 Å². The molecular formula is C34H35Cl2N5O7. The van der Waals surface area contributed by atoms with Crippen molar-refractivity contribution in [3.8, 4) is 45.4 Å². The Balaban J connectivity index is 1.35. The van der Waals surface area contributed by atoms with Crippen LogP contribution in [0, 0.1) is 0 Å². The normalized spacial score (nSPS) is 14.7. The van der Waals surface area contributed by atoms with Crippen molar-refractivity contribution in [2.24, 2.45) is 0 Å². The SMILES string of the molecule is COc1nc(-c2cccc(-c3cccc(-c4ccc(CNC[C@@H](O)CC(=O)O)c(OC)n4)c3Cl)c2Cl)ccc1CNCC1COC(=O)N1. The number of carboxylic acids is 1. The maximum atomic E-state index is 11.3. The molecule has 12 nitrogen and oxygen atoms in total. The van der Waals surface area contributed by atoms with Crippen LogP contribution in [-0.2, 0) is 22.6 Å². The molecule has 4 aromatic rings. The van der Waals surface area contributed by atoms with Crippen LogP contribution in [0.15, 0.2) is 60.7 Å². The summed E-state index contributed by atoms with van der Waals surface area (Å²) in [6.07, 6.45) is -1.77. The Kier molecular flexibility index (Phi) is 11.7. The lowest BCUT2D eigenvalue weighted by Gasteiger charge is -2.16. The van der Waals surface area contributed by atoms with E-state index in [1.807, 2.05) is 60.7 Å². The molecule has 2 aromatic carbocycles. The molecule has 2 atom stereocenters. The van der Waals surface area contributed by atoms with Gasteiger partial charge in [0, 0.05) is 59.6 Å². The zero-order valence-electron chi connectivity index (χ0n) is 26.3. The summed E-state index contributed by atoms with van der Waals surface area (Å²) < 4.78 is 16.1. The van der Waals surface area contributed by atoms with E-state index in [0.29, 0.717) is 81.7 Å². The largest absolute Gasteiger partial charge is 0.481 e. The number of halogens is 2. The first-order valence-electron chi connectivity index (χ1n) is 15.1. The highest BCUT2D eigenvalue weighted by molar-refractivity contribution is 6.39. The van der Waals surface area contributed by atoms with E-state index in [2.05, 4.69) is 20.9 Å². The second kappa shape index (κ2) is 16.1. The summed E-state index contributed by atoms with van der Waals surface area (Å²) >= 11 is 14.0. The van der Waals surface area contributed by atoms with Gasteiger partial charge in [0.1, 0.15) is 6.61 Å². The van der Waals surface area contributed by atoms with Crippen molar-refractivity contribution in [1.29, 1.82) is 0 Å². The first-order valence-corrected chi connectivity index (χ1v) is 15.8. The summed E-state index contributed by atoms with van der Waals surface area (Å²) in [5, 5.41) is 28.7. The van der Waals surface area contributed by atoms with Gasteiger partial charge in [-0.1, -0.05) is 71.7 Å². The van der Waals surface area contributed by atoms with E-state index in [0.717, 1.165) is 11.1 Å². The number of carbonyl (C=O) groups excluding carboxylic acids is 1. The summed E-state index contributed by atoms with van der Waals surface area (Å²) in [7, 11) is 3.07. The van der Waals surface area contributed by atoms with Gasteiger partial charge in [0.2, 0.25) is 11.8 Å². The highest BCUT2D eigenvalue weighted by atomic mass is 35.5. The zero-order valence-corrected chi connectivity index (χ0v) is 27.8. The fourth-order valence-electron chi connectivity index (χ4n) is 5.30. The van der Waals surface area contributed by atoms with Crippen LogP contribution in [0.5, 0.6) is 11.8 Å². The van der Waals surface area contributed by atoms with Gasteiger partial charge in [0.15, 0.2) is 0 Å². The van der Waals surface area contributed by atoms with Crippen molar-refractivity contribution in [3.05, 3.63) is 81.8 Å². The Bertz CT molecular complexity index is 1790. The van der Waals surface area contributed by atoms with Crippen LogP contribution in [0.3, 0.4) is 0 Å². The molecule has 5 rings (SSSR count). The van der Waals surface area contributed by atoms with Crippen LogP contribution in [0.25, 0.3) is 33.6 Å². The lowest BCUT2D eigenvalue weighted by molar-refractivity contribution is -0.139. The second-order valence-corrected chi connectivity index (χ2v) is 11.8. The number of ether oxygens (including phenoxy) is 3. The molecule has 0 bridgehead atoms. The Hall–Kier alpha value is -4.46. The maximum Gasteiger partial charge on any atom is 0.407 e. The standard InChI is InChI=1S/C34H35Cl2N5O7/c1-46-32-19(14-37-16-21-18-48-34(45)39-21)9-11-27(40-32)25-7-3-5-23(30(25)35)24-6-4-8-26(31(24)36)28-12-10-20(33(41-28)47-2)15-38-17-22(42)13-29(43)44/h3-12,21-22,37-38,42H,13-18H2,1-2H3,(H,39,45)(H,43,44)/t21?,22-/m0/s1. The van der Waals surface area contributed by atoms with Gasteiger partial charge >= 0.3 is 12.1 Å². The fourth-order valence-corrected chi connectivity index (χ4v) is 5.95. The van der Waals surface area contributed by atoms with E-state index < -0.39 is 18.2 Å². The van der Waals surface area contributed by atoms with Crippen molar-refractivity contribution < 1.29 is 34.0 Å². The molecule has 1 aliphatic rings. The maximum absolute atomic E-state index is 11.3. The molecule has 252 valence electrons. The molecule has 0 spiro atoms. The number of cyclic esters (lactones) is 1. The van der Waals surface area contributed by atoms with E-state index >= 15 is 0 Å². The number of aliphatic carboxylic acids is 1. The highest BCUT2D eigenvalue weighted by Crippen LogP contribution is 2.42. The van der Waals surface area contributed by atoms with Gasteiger partial charge in [-0.15, -0.1) is 0 Å². The number of aliphatic hydroxyl groups excluding tert-OH is 1. The van der Waals surface area contributed by atoms with Gasteiger partial charge in [0.05, 0.1) is 54.2 Å². The van der Waals surface area contributed by atoms with E-state index in [4.69, 9.17) is 47.5 Å². The molecule has 2 aromatic heterocycles.